The summed E-state index contributed by atoms with van der Waals surface area (Å²) in [6.07, 6.45) is -4.72. The molecule has 1 saturated heterocycles. The fourth-order valence-corrected chi connectivity index (χ4v) is 5.87. The number of thioether (sulfide) groups is 1. The number of anilines is 1. The van der Waals surface area contributed by atoms with Crippen molar-refractivity contribution >= 4 is 40.6 Å². The van der Waals surface area contributed by atoms with Crippen molar-refractivity contribution in [3.8, 4) is 22.8 Å². The number of halogens is 3. The molecular formula is C33H32F3N7O5S. The fraction of sp³-hybridized carbons (Fsp3) is 0.273. The van der Waals surface area contributed by atoms with Crippen molar-refractivity contribution in [1.29, 1.82) is 0 Å². The van der Waals surface area contributed by atoms with Gasteiger partial charge in [0.05, 0.1) is 24.2 Å². The van der Waals surface area contributed by atoms with Crippen LogP contribution in [-0.2, 0) is 16.0 Å². The Morgan fingerprint density at radius 1 is 1.06 bits per heavy atom. The zero-order chi connectivity index (χ0) is 35.3. The molecule has 2 heterocycles. The summed E-state index contributed by atoms with van der Waals surface area (Å²) in [5.74, 6) is 0.0756. The van der Waals surface area contributed by atoms with Crippen LogP contribution in [-0.4, -0.2) is 75.3 Å². The number of aromatic nitrogens is 3. The van der Waals surface area contributed by atoms with Gasteiger partial charge < -0.3 is 14.8 Å². The van der Waals surface area contributed by atoms with E-state index in [0.29, 0.717) is 22.8 Å². The highest BCUT2D eigenvalue weighted by atomic mass is 32.2. The summed E-state index contributed by atoms with van der Waals surface area (Å²) in [4.78, 5) is 49.8. The van der Waals surface area contributed by atoms with Crippen LogP contribution in [0.2, 0.25) is 0 Å². The molecule has 0 radical (unpaired) electrons. The second-order valence-corrected chi connectivity index (χ2v) is 12.1. The lowest BCUT2D eigenvalue weighted by molar-refractivity contribution is -0.274. The first-order chi connectivity index (χ1) is 23.3. The second-order valence-electron chi connectivity index (χ2n) is 11.1. The predicted octanol–water partition coefficient (Wildman–Crippen LogP) is 6.37. The number of rotatable bonds is 9. The molecule has 4 amide bonds. The Hall–Kier alpha value is -5.38. The Balaban J connectivity index is 1.30. The summed E-state index contributed by atoms with van der Waals surface area (Å²) in [7, 11) is 2.71. The van der Waals surface area contributed by atoms with Crippen LogP contribution in [0.1, 0.15) is 30.9 Å². The number of amidine groups is 1. The third-order valence-electron chi connectivity index (χ3n) is 7.45. The minimum absolute atomic E-state index is 0.128. The Morgan fingerprint density at radius 2 is 1.76 bits per heavy atom. The van der Waals surface area contributed by atoms with Gasteiger partial charge in [-0.1, -0.05) is 68.1 Å². The standard InChI is InChI=1S/C33H32F3N7O5S/c1-20(2)25-7-5-6-8-26(25)43-28(44)18-49-31(43)39-30(45)38-27(41(3)32(46)47-4)17-21-9-11-22(12-10-21)29-37-19-42(40-29)23-13-15-24(16-14-23)48-33(34,35)36/h5-16,19-20,27H,17-18H2,1-4H3,(H,38,45)/b39-31-. The van der Waals surface area contributed by atoms with Crippen LogP contribution in [0.3, 0.4) is 0 Å². The van der Waals surface area contributed by atoms with Crippen molar-refractivity contribution in [2.45, 2.75) is 38.7 Å². The van der Waals surface area contributed by atoms with Crippen molar-refractivity contribution in [3.05, 3.63) is 90.3 Å². The van der Waals surface area contributed by atoms with Crippen LogP contribution in [0.4, 0.5) is 28.4 Å². The van der Waals surface area contributed by atoms with Gasteiger partial charge in [-0.2, -0.15) is 4.99 Å². The third kappa shape index (κ3) is 8.56. The highest BCUT2D eigenvalue weighted by Gasteiger charge is 2.33. The molecule has 1 fully saturated rings. The molecule has 1 aliphatic rings. The quantitative estimate of drug-likeness (QED) is 0.200. The summed E-state index contributed by atoms with van der Waals surface area (Å²) in [5.41, 5.74) is 3.47. The van der Waals surface area contributed by atoms with Gasteiger partial charge in [0.1, 0.15) is 18.2 Å². The molecule has 1 atom stereocenters. The number of alkyl halides is 3. The number of carbonyl (C=O) groups is 3. The normalized spacial score (nSPS) is 14.7. The van der Waals surface area contributed by atoms with Crippen molar-refractivity contribution in [1.82, 2.24) is 25.0 Å². The van der Waals surface area contributed by atoms with Gasteiger partial charge in [-0.25, -0.2) is 19.3 Å². The zero-order valence-electron chi connectivity index (χ0n) is 26.8. The number of methoxy groups -OCH3 is 1. The Labute approximate surface area is 283 Å². The van der Waals surface area contributed by atoms with Gasteiger partial charge in [0.2, 0.25) is 5.91 Å². The third-order valence-corrected chi connectivity index (χ3v) is 8.37. The molecule has 49 heavy (non-hydrogen) atoms. The highest BCUT2D eigenvalue weighted by molar-refractivity contribution is 8.15. The first kappa shape index (κ1) is 34.9. The molecular weight excluding hydrogens is 663 g/mol. The van der Waals surface area contributed by atoms with E-state index >= 15 is 0 Å². The SMILES string of the molecule is COC(=O)N(C)C(Cc1ccc(-c2ncn(-c3ccc(OC(F)(F)F)cc3)n2)cc1)NC(=O)/N=C1\SCC(=O)N1c1ccccc1C(C)C. The number of aliphatic imine (C=N–C) groups is 1. The molecule has 1 aliphatic heterocycles. The maximum absolute atomic E-state index is 13.3. The van der Waals surface area contributed by atoms with Crippen molar-refractivity contribution in [3.63, 3.8) is 0 Å². The largest absolute Gasteiger partial charge is 0.573 e. The molecule has 3 aromatic carbocycles. The van der Waals surface area contributed by atoms with Gasteiger partial charge in [0, 0.05) is 19.0 Å². The van der Waals surface area contributed by atoms with E-state index in [1.165, 1.54) is 59.2 Å². The number of amides is 4. The Bertz CT molecular complexity index is 1850. The van der Waals surface area contributed by atoms with Gasteiger partial charge in [0.25, 0.3) is 0 Å². The van der Waals surface area contributed by atoms with Crippen LogP contribution in [0.15, 0.2) is 84.1 Å². The number of nitrogens with one attached hydrogen (secondary N) is 1. The first-order valence-electron chi connectivity index (χ1n) is 14.9. The van der Waals surface area contributed by atoms with Gasteiger partial charge in [0.15, 0.2) is 11.0 Å². The molecule has 1 unspecified atom stereocenters. The van der Waals surface area contributed by atoms with Crippen molar-refractivity contribution < 1.29 is 37.0 Å². The zero-order valence-corrected chi connectivity index (χ0v) is 27.7. The predicted molar refractivity (Wildman–Crippen MR) is 178 cm³/mol. The molecule has 0 bridgehead atoms. The number of ether oxygens (including phenoxy) is 2. The average Bonchev–Trinajstić information content (AvgIpc) is 3.70. The van der Waals surface area contributed by atoms with Crippen LogP contribution in [0, 0.1) is 0 Å². The van der Waals surface area contributed by atoms with Crippen molar-refractivity contribution in [2.24, 2.45) is 4.99 Å². The lowest BCUT2D eigenvalue weighted by Gasteiger charge is -2.27. The summed E-state index contributed by atoms with van der Waals surface area (Å²) < 4.78 is 47.6. The average molecular weight is 696 g/mol. The summed E-state index contributed by atoms with van der Waals surface area (Å²) in [6, 6.07) is 19.0. The van der Waals surface area contributed by atoms with Crippen LogP contribution < -0.4 is 15.0 Å². The molecule has 0 aliphatic carbocycles. The fourth-order valence-electron chi connectivity index (χ4n) is 5.01. The van der Waals surface area contributed by atoms with E-state index in [1.54, 1.807) is 24.3 Å². The van der Waals surface area contributed by atoms with Gasteiger partial charge >= 0.3 is 18.5 Å². The first-order valence-corrected chi connectivity index (χ1v) is 15.9. The molecule has 256 valence electrons. The molecule has 5 rings (SSSR count). The van der Waals surface area contributed by atoms with Crippen LogP contribution >= 0.6 is 11.8 Å². The van der Waals surface area contributed by atoms with Crippen LogP contribution in [0.25, 0.3) is 17.1 Å². The molecule has 0 spiro atoms. The van der Waals surface area contributed by atoms with E-state index in [4.69, 9.17) is 4.74 Å². The van der Waals surface area contributed by atoms with E-state index in [2.05, 4.69) is 25.1 Å². The van der Waals surface area contributed by atoms with Gasteiger partial charge in [-0.3, -0.25) is 14.6 Å². The summed E-state index contributed by atoms with van der Waals surface area (Å²) >= 11 is 1.15. The van der Waals surface area contributed by atoms with E-state index in [1.807, 2.05) is 38.1 Å². The van der Waals surface area contributed by atoms with E-state index in [9.17, 15) is 27.6 Å². The maximum atomic E-state index is 13.3. The number of hydrogen-bond acceptors (Lipinski definition) is 8. The van der Waals surface area contributed by atoms with Crippen LogP contribution in [0.5, 0.6) is 5.75 Å². The van der Waals surface area contributed by atoms with Crippen molar-refractivity contribution in [2.75, 3.05) is 24.8 Å². The summed E-state index contributed by atoms with van der Waals surface area (Å²) in [6.45, 7) is 4.03. The number of para-hydroxylation sites is 1. The number of urea groups is 1. The lowest BCUT2D eigenvalue weighted by Crippen LogP contribution is -2.49. The van der Waals surface area contributed by atoms with E-state index < -0.39 is 24.7 Å². The Kier molecular flexibility index (Phi) is 10.6. The Morgan fingerprint density at radius 3 is 2.41 bits per heavy atom. The minimum Gasteiger partial charge on any atom is -0.453 e. The topological polar surface area (TPSA) is 131 Å². The number of benzene rings is 3. The molecule has 12 nitrogen and oxygen atoms in total. The van der Waals surface area contributed by atoms with E-state index in [0.717, 1.165) is 22.9 Å². The number of nitrogens with zero attached hydrogens (tertiary/aromatic N) is 6. The number of carbonyl (C=O) groups excluding carboxylic acids is 3. The molecule has 4 aromatic rings. The van der Waals surface area contributed by atoms with E-state index in [-0.39, 0.29) is 34.9 Å². The van der Waals surface area contributed by atoms with Gasteiger partial charge in [-0.05, 0) is 47.4 Å². The van der Waals surface area contributed by atoms with Gasteiger partial charge in [-0.15, -0.1) is 18.3 Å². The summed E-state index contributed by atoms with van der Waals surface area (Å²) in [5, 5.41) is 7.41. The molecule has 0 saturated carbocycles. The highest BCUT2D eigenvalue weighted by Crippen LogP contribution is 2.33. The monoisotopic (exact) mass is 695 g/mol. The minimum atomic E-state index is -4.79. The molecule has 1 aromatic heterocycles. The smallest absolute Gasteiger partial charge is 0.453 e. The number of hydrogen-bond donors (Lipinski definition) is 1. The molecule has 16 heteroatoms. The second kappa shape index (κ2) is 14.8. The lowest BCUT2D eigenvalue weighted by atomic mass is 10.0. The molecule has 1 N–H and O–H groups in total. The maximum Gasteiger partial charge on any atom is 0.573 e. The number of likely N-dealkylation sites (N-methyl/N-ethyl adjacent to an activating group) is 1.